The first kappa shape index (κ1) is 11.3. The summed E-state index contributed by atoms with van der Waals surface area (Å²) in [5.41, 5.74) is 0. The van der Waals surface area contributed by atoms with Crippen LogP contribution in [0.25, 0.3) is 0 Å². The minimum Gasteiger partial charge on any atom is -0.392 e. The van der Waals surface area contributed by atoms with Gasteiger partial charge >= 0.3 is 0 Å². The summed E-state index contributed by atoms with van der Waals surface area (Å²) in [5, 5.41) is 9.48. The third-order valence-corrected chi connectivity index (χ3v) is 3.35. The average molecular weight is 203 g/mol. The molecular formula is C10H21NOS. The smallest absolute Gasteiger partial charge is 0.0667 e. The van der Waals surface area contributed by atoms with Crippen molar-refractivity contribution in [3.8, 4) is 0 Å². The Hall–Kier alpha value is 0.270. The fraction of sp³-hybridized carbons (Fsp3) is 1.00. The predicted octanol–water partition coefficient (Wildman–Crippen LogP) is 1.40. The van der Waals surface area contributed by atoms with Crippen molar-refractivity contribution < 1.29 is 5.11 Å². The predicted molar refractivity (Wildman–Crippen MR) is 59.3 cm³/mol. The van der Waals surface area contributed by atoms with Gasteiger partial charge in [0, 0.05) is 13.1 Å². The average Bonchev–Trinajstić information content (AvgIpc) is 2.14. The minimum atomic E-state index is -0.0915. The van der Waals surface area contributed by atoms with Crippen LogP contribution in [0.2, 0.25) is 0 Å². The first-order valence-corrected chi connectivity index (χ1v) is 5.90. The van der Waals surface area contributed by atoms with Gasteiger partial charge in [0.25, 0.3) is 0 Å². The summed E-state index contributed by atoms with van der Waals surface area (Å²) in [6.07, 6.45) is 3.22. The van der Waals surface area contributed by atoms with Crippen LogP contribution in [0.1, 0.15) is 26.2 Å². The zero-order valence-electron chi connectivity index (χ0n) is 8.45. The highest BCUT2D eigenvalue weighted by Gasteiger charge is 2.19. The molecule has 2 atom stereocenters. The van der Waals surface area contributed by atoms with Crippen molar-refractivity contribution in [3.05, 3.63) is 0 Å². The SMILES string of the molecule is CCC(CS)CN1CCCC(O)C1. The van der Waals surface area contributed by atoms with Crippen molar-refractivity contribution in [1.29, 1.82) is 0 Å². The molecule has 0 aromatic carbocycles. The number of rotatable bonds is 4. The summed E-state index contributed by atoms with van der Waals surface area (Å²) in [4.78, 5) is 2.37. The summed E-state index contributed by atoms with van der Waals surface area (Å²) in [6, 6.07) is 0. The summed E-state index contributed by atoms with van der Waals surface area (Å²) < 4.78 is 0. The molecule has 13 heavy (non-hydrogen) atoms. The molecule has 0 saturated carbocycles. The maximum absolute atomic E-state index is 9.48. The number of hydrogen-bond acceptors (Lipinski definition) is 3. The van der Waals surface area contributed by atoms with Crippen molar-refractivity contribution in [2.24, 2.45) is 5.92 Å². The number of thiol groups is 1. The minimum absolute atomic E-state index is 0.0915. The monoisotopic (exact) mass is 203 g/mol. The second-order valence-corrected chi connectivity index (χ2v) is 4.38. The molecule has 1 heterocycles. The lowest BCUT2D eigenvalue weighted by Gasteiger charge is -2.32. The number of aliphatic hydroxyl groups excluding tert-OH is 1. The lowest BCUT2D eigenvalue weighted by molar-refractivity contribution is 0.0635. The van der Waals surface area contributed by atoms with Gasteiger partial charge in [0.15, 0.2) is 0 Å². The van der Waals surface area contributed by atoms with E-state index in [1.54, 1.807) is 0 Å². The third kappa shape index (κ3) is 3.88. The van der Waals surface area contributed by atoms with Gasteiger partial charge in [-0.1, -0.05) is 13.3 Å². The largest absolute Gasteiger partial charge is 0.392 e. The van der Waals surface area contributed by atoms with Gasteiger partial charge in [0.1, 0.15) is 0 Å². The Kier molecular flexibility index (Phi) is 5.14. The van der Waals surface area contributed by atoms with Gasteiger partial charge in [-0.15, -0.1) is 0 Å². The van der Waals surface area contributed by atoms with E-state index >= 15 is 0 Å². The molecule has 2 nitrogen and oxygen atoms in total. The van der Waals surface area contributed by atoms with Crippen molar-refractivity contribution in [1.82, 2.24) is 4.90 Å². The fourth-order valence-corrected chi connectivity index (χ4v) is 2.25. The van der Waals surface area contributed by atoms with E-state index in [0.29, 0.717) is 5.92 Å². The van der Waals surface area contributed by atoms with Gasteiger partial charge in [-0.3, -0.25) is 0 Å². The summed E-state index contributed by atoms with van der Waals surface area (Å²) in [6.45, 7) is 5.34. The first-order chi connectivity index (χ1) is 6.26. The molecule has 0 aromatic heterocycles. The molecule has 0 radical (unpaired) electrons. The Labute approximate surface area is 86.7 Å². The van der Waals surface area contributed by atoms with Crippen LogP contribution in [-0.4, -0.2) is 41.5 Å². The molecule has 1 N–H and O–H groups in total. The second kappa shape index (κ2) is 5.89. The summed E-state index contributed by atoms with van der Waals surface area (Å²) >= 11 is 4.33. The molecule has 0 spiro atoms. The van der Waals surface area contributed by atoms with Crippen LogP contribution in [0.3, 0.4) is 0 Å². The quantitative estimate of drug-likeness (QED) is 0.675. The number of nitrogens with zero attached hydrogens (tertiary/aromatic N) is 1. The van der Waals surface area contributed by atoms with Crippen LogP contribution in [-0.2, 0) is 0 Å². The molecule has 0 aliphatic carbocycles. The van der Waals surface area contributed by atoms with E-state index < -0.39 is 0 Å². The van der Waals surface area contributed by atoms with Gasteiger partial charge < -0.3 is 10.0 Å². The molecule has 0 bridgehead atoms. The van der Waals surface area contributed by atoms with E-state index in [-0.39, 0.29) is 6.10 Å². The van der Waals surface area contributed by atoms with Gasteiger partial charge in [0.2, 0.25) is 0 Å². The lowest BCUT2D eigenvalue weighted by Crippen LogP contribution is -2.41. The molecule has 0 amide bonds. The van der Waals surface area contributed by atoms with Crippen LogP contribution < -0.4 is 0 Å². The summed E-state index contributed by atoms with van der Waals surface area (Å²) in [5.74, 6) is 1.65. The van der Waals surface area contributed by atoms with E-state index in [0.717, 1.165) is 38.2 Å². The molecule has 1 saturated heterocycles. The summed E-state index contributed by atoms with van der Waals surface area (Å²) in [7, 11) is 0. The van der Waals surface area contributed by atoms with Crippen molar-refractivity contribution >= 4 is 12.6 Å². The Bertz CT molecular complexity index is 139. The Morgan fingerprint density at radius 3 is 2.92 bits per heavy atom. The van der Waals surface area contributed by atoms with E-state index in [2.05, 4.69) is 24.5 Å². The number of β-amino-alcohol motifs (C(OH)–C–C–N with tert-alkyl or cyclic N) is 1. The molecule has 2 unspecified atom stereocenters. The molecule has 1 aliphatic heterocycles. The lowest BCUT2D eigenvalue weighted by atomic mass is 10.0. The van der Waals surface area contributed by atoms with Crippen LogP contribution >= 0.6 is 12.6 Å². The van der Waals surface area contributed by atoms with Crippen molar-refractivity contribution in [2.75, 3.05) is 25.4 Å². The maximum Gasteiger partial charge on any atom is 0.0667 e. The molecule has 1 aliphatic rings. The molecule has 78 valence electrons. The Morgan fingerprint density at radius 2 is 2.38 bits per heavy atom. The van der Waals surface area contributed by atoms with Crippen LogP contribution in [0.4, 0.5) is 0 Å². The highest BCUT2D eigenvalue weighted by Crippen LogP contribution is 2.14. The number of hydrogen-bond donors (Lipinski definition) is 2. The number of piperidine rings is 1. The van der Waals surface area contributed by atoms with Gasteiger partial charge in [-0.2, -0.15) is 12.6 Å². The van der Waals surface area contributed by atoms with Gasteiger partial charge in [-0.25, -0.2) is 0 Å². The standard InChI is InChI=1S/C10H21NOS/c1-2-9(8-13)6-11-5-3-4-10(12)7-11/h9-10,12-13H,2-8H2,1H3. The molecule has 1 rings (SSSR count). The number of likely N-dealkylation sites (tertiary alicyclic amines) is 1. The van der Waals surface area contributed by atoms with Crippen molar-refractivity contribution in [2.45, 2.75) is 32.3 Å². The Morgan fingerprint density at radius 1 is 1.62 bits per heavy atom. The van der Waals surface area contributed by atoms with Crippen LogP contribution in [0.5, 0.6) is 0 Å². The Balaban J connectivity index is 2.26. The van der Waals surface area contributed by atoms with Gasteiger partial charge in [-0.05, 0) is 31.1 Å². The maximum atomic E-state index is 9.48. The fourth-order valence-electron chi connectivity index (χ4n) is 1.88. The van der Waals surface area contributed by atoms with E-state index in [1.807, 2.05) is 0 Å². The van der Waals surface area contributed by atoms with E-state index in [9.17, 15) is 5.11 Å². The number of aliphatic hydroxyl groups is 1. The van der Waals surface area contributed by atoms with E-state index in [4.69, 9.17) is 0 Å². The second-order valence-electron chi connectivity index (χ2n) is 4.01. The topological polar surface area (TPSA) is 23.5 Å². The molecule has 3 heteroatoms. The van der Waals surface area contributed by atoms with Gasteiger partial charge in [0.05, 0.1) is 6.10 Å². The first-order valence-electron chi connectivity index (χ1n) is 5.27. The zero-order chi connectivity index (χ0) is 9.68. The molecule has 0 aromatic rings. The highest BCUT2D eigenvalue weighted by molar-refractivity contribution is 7.80. The van der Waals surface area contributed by atoms with Crippen LogP contribution in [0.15, 0.2) is 0 Å². The normalized spacial score (nSPS) is 27.5. The highest BCUT2D eigenvalue weighted by atomic mass is 32.1. The van der Waals surface area contributed by atoms with Crippen molar-refractivity contribution in [3.63, 3.8) is 0 Å². The molecular weight excluding hydrogens is 182 g/mol. The van der Waals surface area contributed by atoms with Crippen LogP contribution in [0, 0.1) is 5.92 Å². The molecule has 1 fully saturated rings. The third-order valence-electron chi connectivity index (χ3n) is 2.83. The zero-order valence-corrected chi connectivity index (χ0v) is 9.34. The van der Waals surface area contributed by atoms with E-state index in [1.165, 1.54) is 6.42 Å².